The Labute approximate surface area is 164 Å². The summed E-state index contributed by atoms with van der Waals surface area (Å²) in [6.07, 6.45) is 2.41. The summed E-state index contributed by atoms with van der Waals surface area (Å²) in [4.78, 5) is 27.5. The first kappa shape index (κ1) is 19.5. The molecule has 6 nitrogen and oxygen atoms in total. The number of H-pyrrole nitrogens is 1. The summed E-state index contributed by atoms with van der Waals surface area (Å²) >= 11 is 0. The number of carbonyl (C=O) groups is 2. The van der Waals surface area contributed by atoms with Crippen molar-refractivity contribution in [3.05, 3.63) is 60.3 Å². The molecule has 0 radical (unpaired) electrons. The van der Waals surface area contributed by atoms with E-state index in [0.717, 1.165) is 16.5 Å². The van der Waals surface area contributed by atoms with E-state index in [-0.39, 0.29) is 24.3 Å². The molecule has 3 N–H and O–H groups in total. The van der Waals surface area contributed by atoms with Crippen LogP contribution in [-0.2, 0) is 16.0 Å². The number of hydrogen-bond acceptors (Lipinski definition) is 3. The predicted octanol–water partition coefficient (Wildman–Crippen LogP) is 3.64. The Kier molecular flexibility index (Phi) is 6.32. The van der Waals surface area contributed by atoms with E-state index < -0.39 is 0 Å². The second kappa shape index (κ2) is 9.08. The van der Waals surface area contributed by atoms with Crippen LogP contribution in [0.15, 0.2) is 54.7 Å². The summed E-state index contributed by atoms with van der Waals surface area (Å²) in [7, 11) is 0. The van der Waals surface area contributed by atoms with Crippen molar-refractivity contribution in [2.45, 2.75) is 32.8 Å². The number of ether oxygens (including phenoxy) is 1. The van der Waals surface area contributed by atoms with E-state index in [1.807, 2.05) is 56.4 Å². The molecule has 0 saturated heterocycles. The van der Waals surface area contributed by atoms with Gasteiger partial charge in [-0.3, -0.25) is 9.59 Å². The number of para-hydroxylation sites is 3. The molecule has 6 heteroatoms. The van der Waals surface area contributed by atoms with E-state index in [2.05, 4.69) is 15.6 Å². The zero-order valence-electron chi connectivity index (χ0n) is 16.1. The minimum absolute atomic E-state index is 0.00846. The molecule has 0 aliphatic heterocycles. The third kappa shape index (κ3) is 5.13. The molecule has 0 bridgehead atoms. The zero-order valence-corrected chi connectivity index (χ0v) is 16.1. The first-order valence-electron chi connectivity index (χ1n) is 9.40. The fraction of sp³-hybridized carbons (Fsp3) is 0.273. The molecular weight excluding hydrogens is 354 g/mol. The molecule has 2 aromatic carbocycles. The van der Waals surface area contributed by atoms with E-state index in [4.69, 9.17) is 4.74 Å². The summed E-state index contributed by atoms with van der Waals surface area (Å²) in [5.74, 6) is -0.0883. The number of benzene rings is 2. The molecule has 28 heavy (non-hydrogen) atoms. The highest BCUT2D eigenvalue weighted by Crippen LogP contribution is 2.25. The van der Waals surface area contributed by atoms with Crippen LogP contribution in [0, 0.1) is 0 Å². The number of carbonyl (C=O) groups excluding carboxylic acids is 2. The zero-order chi connectivity index (χ0) is 19.9. The fourth-order valence-corrected chi connectivity index (χ4v) is 3.00. The summed E-state index contributed by atoms with van der Waals surface area (Å²) in [5.41, 5.74) is 2.78. The molecule has 0 aliphatic rings. The van der Waals surface area contributed by atoms with Crippen LogP contribution in [0.2, 0.25) is 0 Å². The molecule has 0 atom stereocenters. The molecule has 0 unspecified atom stereocenters. The minimum atomic E-state index is -0.371. The highest BCUT2D eigenvalue weighted by atomic mass is 16.5. The molecule has 146 valence electrons. The normalized spacial score (nSPS) is 10.8. The van der Waals surface area contributed by atoms with Gasteiger partial charge in [0.2, 0.25) is 11.8 Å². The van der Waals surface area contributed by atoms with Crippen LogP contribution in [0.25, 0.3) is 10.9 Å². The Morgan fingerprint density at radius 2 is 1.79 bits per heavy atom. The molecule has 3 aromatic rings. The number of amides is 2. The lowest BCUT2D eigenvalue weighted by atomic mass is 10.1. The Morgan fingerprint density at radius 3 is 2.61 bits per heavy atom. The van der Waals surface area contributed by atoms with E-state index in [9.17, 15) is 9.59 Å². The number of aromatic nitrogens is 1. The van der Waals surface area contributed by atoms with Crippen LogP contribution in [0.5, 0.6) is 5.75 Å². The maximum Gasteiger partial charge on any atom is 0.233 e. The maximum atomic E-state index is 12.2. The first-order valence-corrected chi connectivity index (χ1v) is 9.40. The van der Waals surface area contributed by atoms with Crippen LogP contribution in [-0.4, -0.2) is 29.4 Å². The number of rotatable bonds is 8. The largest absolute Gasteiger partial charge is 0.489 e. The summed E-state index contributed by atoms with van der Waals surface area (Å²) in [6, 6.07) is 15.2. The Balaban J connectivity index is 1.48. The van der Waals surface area contributed by atoms with Crippen molar-refractivity contribution < 1.29 is 14.3 Å². The Hall–Kier alpha value is -3.28. The first-order chi connectivity index (χ1) is 13.5. The van der Waals surface area contributed by atoms with Gasteiger partial charge in [0.1, 0.15) is 12.2 Å². The average molecular weight is 379 g/mol. The van der Waals surface area contributed by atoms with Crippen molar-refractivity contribution in [1.82, 2.24) is 10.3 Å². The third-order valence-corrected chi connectivity index (χ3v) is 4.24. The second-order valence-corrected chi connectivity index (χ2v) is 6.85. The molecule has 0 fully saturated rings. The topological polar surface area (TPSA) is 83.2 Å². The Bertz CT molecular complexity index is 962. The fourth-order valence-electron chi connectivity index (χ4n) is 3.00. The molecule has 0 spiro atoms. The lowest BCUT2D eigenvalue weighted by Crippen LogP contribution is -2.29. The minimum Gasteiger partial charge on any atom is -0.489 e. The smallest absolute Gasteiger partial charge is 0.233 e. The summed E-state index contributed by atoms with van der Waals surface area (Å²) < 4.78 is 5.67. The van der Waals surface area contributed by atoms with Gasteiger partial charge in [0, 0.05) is 23.6 Å². The molecule has 1 aromatic heterocycles. The van der Waals surface area contributed by atoms with Gasteiger partial charge in [0.25, 0.3) is 0 Å². The van der Waals surface area contributed by atoms with Gasteiger partial charge in [-0.25, -0.2) is 0 Å². The standard InChI is InChI=1S/C22H25N3O3/c1-15(2)28-20-10-6-5-9-19(20)25-22(27)13-21(26)23-12-11-16-14-24-18-8-4-3-7-17(16)18/h3-10,14-15,24H,11-13H2,1-2H3,(H,23,26)(H,25,27). The lowest BCUT2D eigenvalue weighted by molar-refractivity contribution is -0.126. The second-order valence-electron chi connectivity index (χ2n) is 6.85. The van der Waals surface area contributed by atoms with Crippen LogP contribution in [0.4, 0.5) is 5.69 Å². The van der Waals surface area contributed by atoms with E-state index in [0.29, 0.717) is 24.4 Å². The van der Waals surface area contributed by atoms with Gasteiger partial charge in [-0.05, 0) is 44.0 Å². The van der Waals surface area contributed by atoms with E-state index >= 15 is 0 Å². The highest BCUT2D eigenvalue weighted by molar-refractivity contribution is 6.04. The van der Waals surface area contributed by atoms with Crippen molar-refractivity contribution >= 4 is 28.4 Å². The lowest BCUT2D eigenvalue weighted by Gasteiger charge is -2.14. The predicted molar refractivity (Wildman–Crippen MR) is 110 cm³/mol. The number of aromatic amines is 1. The number of hydrogen-bond donors (Lipinski definition) is 3. The monoisotopic (exact) mass is 379 g/mol. The molecule has 3 rings (SSSR count). The maximum absolute atomic E-state index is 12.2. The van der Waals surface area contributed by atoms with Crippen molar-refractivity contribution in [2.75, 3.05) is 11.9 Å². The van der Waals surface area contributed by atoms with Crippen LogP contribution in [0.3, 0.4) is 0 Å². The van der Waals surface area contributed by atoms with E-state index in [1.165, 1.54) is 0 Å². The molecule has 1 heterocycles. The number of anilines is 1. The van der Waals surface area contributed by atoms with E-state index in [1.54, 1.807) is 12.1 Å². The molecule has 2 amide bonds. The van der Waals surface area contributed by atoms with Crippen LogP contribution in [0.1, 0.15) is 25.8 Å². The summed E-state index contributed by atoms with van der Waals surface area (Å²) in [5, 5.41) is 6.70. The quantitative estimate of drug-likeness (QED) is 0.523. The van der Waals surface area contributed by atoms with Gasteiger partial charge in [0.05, 0.1) is 11.8 Å². The molecular formula is C22H25N3O3. The molecule has 0 aliphatic carbocycles. The number of nitrogens with one attached hydrogen (secondary N) is 3. The third-order valence-electron chi connectivity index (χ3n) is 4.24. The van der Waals surface area contributed by atoms with Crippen molar-refractivity contribution in [1.29, 1.82) is 0 Å². The number of fused-ring (bicyclic) bond motifs is 1. The van der Waals surface area contributed by atoms with Gasteiger partial charge in [-0.1, -0.05) is 30.3 Å². The van der Waals surface area contributed by atoms with Crippen molar-refractivity contribution in [3.63, 3.8) is 0 Å². The van der Waals surface area contributed by atoms with Gasteiger partial charge < -0.3 is 20.4 Å². The van der Waals surface area contributed by atoms with Crippen LogP contribution >= 0.6 is 0 Å². The van der Waals surface area contributed by atoms with Gasteiger partial charge in [-0.15, -0.1) is 0 Å². The SMILES string of the molecule is CC(C)Oc1ccccc1NC(=O)CC(=O)NCCc1c[nH]c2ccccc12. The van der Waals surface area contributed by atoms with Crippen molar-refractivity contribution in [3.8, 4) is 5.75 Å². The van der Waals surface area contributed by atoms with Gasteiger partial charge in [0.15, 0.2) is 0 Å². The highest BCUT2D eigenvalue weighted by Gasteiger charge is 2.13. The molecule has 0 saturated carbocycles. The van der Waals surface area contributed by atoms with Gasteiger partial charge >= 0.3 is 0 Å². The summed E-state index contributed by atoms with van der Waals surface area (Å²) in [6.45, 7) is 4.31. The average Bonchev–Trinajstić information content (AvgIpc) is 3.06. The van der Waals surface area contributed by atoms with Crippen LogP contribution < -0.4 is 15.4 Å². The van der Waals surface area contributed by atoms with Crippen molar-refractivity contribution in [2.24, 2.45) is 0 Å². The van der Waals surface area contributed by atoms with Gasteiger partial charge in [-0.2, -0.15) is 0 Å². The Morgan fingerprint density at radius 1 is 1.04 bits per heavy atom.